The summed E-state index contributed by atoms with van der Waals surface area (Å²) in [7, 11) is 3.10. The normalized spacial score (nSPS) is 19.6. The van der Waals surface area contributed by atoms with Crippen molar-refractivity contribution in [1.29, 1.82) is 0 Å². The minimum absolute atomic E-state index is 0.0410. The van der Waals surface area contributed by atoms with Crippen LogP contribution in [0.5, 0.6) is 5.75 Å². The van der Waals surface area contributed by atoms with Gasteiger partial charge in [0, 0.05) is 23.2 Å². The van der Waals surface area contributed by atoms with Crippen molar-refractivity contribution in [1.82, 2.24) is 15.2 Å². The summed E-state index contributed by atoms with van der Waals surface area (Å²) in [6, 6.07) is 14.8. The highest BCUT2D eigenvalue weighted by Crippen LogP contribution is 2.48. The third kappa shape index (κ3) is 4.77. The molecular weight excluding hydrogens is 450 g/mol. The molecule has 1 aromatic heterocycles. The zero-order chi connectivity index (χ0) is 24.7. The van der Waals surface area contributed by atoms with E-state index in [0.29, 0.717) is 11.6 Å². The summed E-state index contributed by atoms with van der Waals surface area (Å²) in [5.41, 5.74) is 5.98. The van der Waals surface area contributed by atoms with Crippen LogP contribution in [0.4, 0.5) is 0 Å². The van der Waals surface area contributed by atoms with Crippen LogP contribution in [-0.4, -0.2) is 51.4 Å². The summed E-state index contributed by atoms with van der Waals surface area (Å²) in [6.45, 7) is 7.32. The number of aryl methyl sites for hydroxylation is 1. The van der Waals surface area contributed by atoms with Gasteiger partial charge in [0.05, 0.1) is 27.0 Å². The molecule has 0 spiro atoms. The summed E-state index contributed by atoms with van der Waals surface area (Å²) >= 11 is 0. The smallest absolute Gasteiger partial charge is 0.252 e. The third-order valence-corrected chi connectivity index (χ3v) is 8.48. The molecule has 0 bridgehead atoms. The molecule has 2 fully saturated rings. The molecular formula is C29H35N3O2Si. The van der Waals surface area contributed by atoms with Gasteiger partial charge in [-0.05, 0) is 101 Å². The van der Waals surface area contributed by atoms with Gasteiger partial charge in [0.2, 0.25) is 0 Å². The predicted molar refractivity (Wildman–Crippen MR) is 146 cm³/mol. The van der Waals surface area contributed by atoms with Crippen molar-refractivity contribution in [2.75, 3.05) is 13.6 Å². The van der Waals surface area contributed by atoms with E-state index in [2.05, 4.69) is 60.4 Å². The van der Waals surface area contributed by atoms with Crippen LogP contribution in [-0.2, 0) is 5.54 Å². The Kier molecular flexibility index (Phi) is 6.28. The molecule has 6 heteroatoms. The van der Waals surface area contributed by atoms with Gasteiger partial charge in [-0.3, -0.25) is 9.78 Å². The number of benzene rings is 2. The van der Waals surface area contributed by atoms with Crippen molar-refractivity contribution in [3.63, 3.8) is 0 Å². The van der Waals surface area contributed by atoms with Crippen LogP contribution in [0.1, 0.15) is 60.2 Å². The number of likely N-dealkylation sites (N-methyl/N-ethyl adjacent to an activating group) is 1. The summed E-state index contributed by atoms with van der Waals surface area (Å²) < 4.78 is 6.30. The van der Waals surface area contributed by atoms with Crippen molar-refractivity contribution in [3.8, 4) is 5.75 Å². The van der Waals surface area contributed by atoms with Crippen LogP contribution in [0.15, 0.2) is 54.2 Å². The molecule has 2 aromatic carbocycles. The summed E-state index contributed by atoms with van der Waals surface area (Å²) in [4.78, 5) is 20.6. The van der Waals surface area contributed by atoms with Gasteiger partial charge in [0.15, 0.2) is 0 Å². The van der Waals surface area contributed by atoms with Crippen molar-refractivity contribution >= 4 is 33.1 Å². The van der Waals surface area contributed by atoms with Crippen LogP contribution >= 0.6 is 0 Å². The number of nitrogens with one attached hydrogen (secondary N) is 1. The molecule has 5 rings (SSSR count). The first-order chi connectivity index (χ1) is 16.8. The Morgan fingerprint density at radius 2 is 2.06 bits per heavy atom. The second-order valence-electron chi connectivity index (χ2n) is 10.5. The lowest BCUT2D eigenvalue weighted by Crippen LogP contribution is -2.53. The Bertz CT molecular complexity index is 1310. The molecule has 2 heterocycles. The maximum atomic E-state index is 13.6. The monoisotopic (exact) mass is 485 g/mol. The molecule has 1 aliphatic carbocycles. The molecule has 3 aromatic rings. The minimum atomic E-state index is -0.359. The van der Waals surface area contributed by atoms with Crippen LogP contribution in [0, 0.1) is 6.92 Å². The Balaban J connectivity index is 1.43. The van der Waals surface area contributed by atoms with Gasteiger partial charge in [-0.25, -0.2) is 0 Å². The standard InChI is InChI=1S/C29H35N3O2Si/c1-18(2)14-20-15-24(22-6-5-12-30-25(22)16-20)29(10-11-29)31-27(33)23-17-21(8-7-19(23)3)34-28(35)26-9-13-32(26)4/h5-8,12,14-17,26,28H,9-11,13H2,1-4,35H3,(H,31,33)/t26-,28?/m0/s1. The van der Waals surface area contributed by atoms with Gasteiger partial charge < -0.3 is 15.0 Å². The van der Waals surface area contributed by atoms with Crippen molar-refractivity contribution < 1.29 is 9.53 Å². The highest BCUT2D eigenvalue weighted by Gasteiger charge is 2.47. The second kappa shape index (κ2) is 9.24. The fourth-order valence-corrected chi connectivity index (χ4v) is 6.34. The molecule has 1 N–H and O–H groups in total. The number of nitrogens with zero attached hydrogens (tertiary/aromatic N) is 2. The highest BCUT2D eigenvalue weighted by atomic mass is 28.1. The average Bonchev–Trinajstić information content (AvgIpc) is 3.58. The largest absolute Gasteiger partial charge is 0.494 e. The average molecular weight is 486 g/mol. The number of carbonyl (C=O) groups is 1. The SMILES string of the molecule is CC(C)=Cc1cc(C2(NC(=O)c3cc(OC([SiH3])[C@@H]4CCN4C)ccc3C)CC2)c2cccnc2c1. The van der Waals surface area contributed by atoms with E-state index in [1.165, 1.54) is 12.0 Å². The molecule has 0 radical (unpaired) electrons. The highest BCUT2D eigenvalue weighted by molar-refractivity contribution is 6.11. The maximum Gasteiger partial charge on any atom is 0.252 e. The van der Waals surface area contributed by atoms with Crippen molar-refractivity contribution in [3.05, 3.63) is 76.5 Å². The minimum Gasteiger partial charge on any atom is -0.494 e. The molecule has 2 atom stereocenters. The molecule has 5 nitrogen and oxygen atoms in total. The lowest BCUT2D eigenvalue weighted by Gasteiger charge is -2.41. The number of ether oxygens (including phenoxy) is 1. The fraction of sp³-hybridized carbons (Fsp3) is 0.379. The number of allylic oxidation sites excluding steroid dienone is 1. The van der Waals surface area contributed by atoms with E-state index in [9.17, 15) is 4.79 Å². The Hall–Kier alpha value is -2.96. The first kappa shape index (κ1) is 23.8. The first-order valence-electron chi connectivity index (χ1n) is 12.6. The zero-order valence-electron chi connectivity index (χ0n) is 21.4. The number of carbonyl (C=O) groups excluding carboxylic acids is 1. The van der Waals surface area contributed by atoms with Gasteiger partial charge >= 0.3 is 0 Å². The Morgan fingerprint density at radius 1 is 1.26 bits per heavy atom. The molecule has 182 valence electrons. The molecule has 1 saturated heterocycles. The van der Waals surface area contributed by atoms with Crippen LogP contribution < -0.4 is 10.1 Å². The van der Waals surface area contributed by atoms with E-state index in [-0.39, 0.29) is 17.2 Å². The quantitative estimate of drug-likeness (QED) is 0.511. The molecule has 1 unspecified atom stereocenters. The summed E-state index contributed by atoms with van der Waals surface area (Å²) in [5.74, 6) is 0.742. The number of amides is 1. The van der Waals surface area contributed by atoms with E-state index in [0.717, 1.165) is 63.0 Å². The maximum absolute atomic E-state index is 13.6. The van der Waals surface area contributed by atoms with E-state index in [1.807, 2.05) is 37.4 Å². The molecule has 1 aliphatic heterocycles. The lowest BCUT2D eigenvalue weighted by atomic mass is 9.95. The molecule has 1 saturated carbocycles. The van der Waals surface area contributed by atoms with Crippen LogP contribution in [0.2, 0.25) is 0 Å². The zero-order valence-corrected chi connectivity index (χ0v) is 23.4. The molecule has 1 amide bonds. The first-order valence-corrected chi connectivity index (χ1v) is 13.8. The predicted octanol–water partition coefficient (Wildman–Crippen LogP) is 4.16. The number of hydrogen-bond acceptors (Lipinski definition) is 4. The molecule has 2 aliphatic rings. The van der Waals surface area contributed by atoms with Crippen LogP contribution in [0.25, 0.3) is 17.0 Å². The number of rotatable bonds is 7. The van der Waals surface area contributed by atoms with Gasteiger partial charge in [0.25, 0.3) is 5.91 Å². The number of fused-ring (bicyclic) bond motifs is 1. The van der Waals surface area contributed by atoms with Crippen molar-refractivity contribution in [2.45, 2.75) is 57.3 Å². The Labute approximate surface area is 211 Å². The van der Waals surface area contributed by atoms with E-state index < -0.39 is 0 Å². The second-order valence-corrected chi connectivity index (χ2v) is 11.7. The Morgan fingerprint density at radius 3 is 2.71 bits per heavy atom. The van der Waals surface area contributed by atoms with Gasteiger partial charge in [0.1, 0.15) is 5.75 Å². The number of likely N-dealkylation sites (tertiary alicyclic amines) is 1. The lowest BCUT2D eigenvalue weighted by molar-refractivity contribution is 0.0562. The van der Waals surface area contributed by atoms with E-state index >= 15 is 0 Å². The van der Waals surface area contributed by atoms with Gasteiger partial charge in [-0.2, -0.15) is 0 Å². The third-order valence-electron chi connectivity index (χ3n) is 7.48. The van der Waals surface area contributed by atoms with Gasteiger partial charge in [-0.1, -0.05) is 23.8 Å². The topological polar surface area (TPSA) is 54.5 Å². The number of aromatic nitrogens is 1. The van der Waals surface area contributed by atoms with Crippen LogP contribution in [0.3, 0.4) is 0 Å². The fourth-order valence-electron chi connectivity index (χ4n) is 5.23. The summed E-state index contributed by atoms with van der Waals surface area (Å²) in [5, 5.41) is 4.51. The molecule has 35 heavy (non-hydrogen) atoms. The van der Waals surface area contributed by atoms with Gasteiger partial charge in [-0.15, -0.1) is 0 Å². The van der Waals surface area contributed by atoms with E-state index in [4.69, 9.17) is 4.74 Å². The summed E-state index contributed by atoms with van der Waals surface area (Å²) in [6.07, 6.45) is 7.03. The number of hydrogen-bond donors (Lipinski definition) is 1. The van der Waals surface area contributed by atoms with E-state index in [1.54, 1.807) is 0 Å². The van der Waals surface area contributed by atoms with Crippen molar-refractivity contribution in [2.24, 2.45) is 0 Å². The number of pyridine rings is 1.